The van der Waals surface area contributed by atoms with E-state index in [0.717, 1.165) is 31.4 Å². The van der Waals surface area contributed by atoms with E-state index in [1.807, 2.05) is 0 Å². The van der Waals surface area contributed by atoms with Gasteiger partial charge in [0.2, 0.25) is 5.91 Å². The summed E-state index contributed by atoms with van der Waals surface area (Å²) >= 11 is 0. The summed E-state index contributed by atoms with van der Waals surface area (Å²) in [6, 6.07) is 2.99. The Bertz CT molecular complexity index is 525. The number of hydrogen-bond donors (Lipinski definition) is 1. The van der Waals surface area contributed by atoms with Crippen LogP contribution in [-0.4, -0.2) is 19.1 Å². The van der Waals surface area contributed by atoms with Crippen molar-refractivity contribution in [1.29, 1.82) is 0 Å². The summed E-state index contributed by atoms with van der Waals surface area (Å²) in [5, 5.41) is 2.89. The predicted octanol–water partition coefficient (Wildman–Crippen LogP) is 2.96. The van der Waals surface area contributed by atoms with Gasteiger partial charge in [0.1, 0.15) is 11.6 Å². The second-order valence-electron chi connectivity index (χ2n) is 5.98. The highest BCUT2D eigenvalue weighted by Gasteiger charge is 2.35. The van der Waals surface area contributed by atoms with Gasteiger partial charge in [-0.1, -0.05) is 0 Å². The Morgan fingerprint density at radius 1 is 1.33 bits per heavy atom. The first-order chi connectivity index (χ1) is 10.1. The number of hydrogen-bond acceptors (Lipinski definition) is 2. The lowest BCUT2D eigenvalue weighted by molar-refractivity contribution is -0.123. The van der Waals surface area contributed by atoms with Gasteiger partial charge in [0.15, 0.2) is 0 Å². The second kappa shape index (κ2) is 6.10. The molecule has 1 aliphatic carbocycles. The lowest BCUT2D eigenvalue weighted by Gasteiger charge is -2.20. The molecule has 5 heteroatoms. The van der Waals surface area contributed by atoms with Crippen LogP contribution in [0.4, 0.5) is 8.78 Å². The van der Waals surface area contributed by atoms with E-state index in [0.29, 0.717) is 19.6 Å². The van der Waals surface area contributed by atoms with Gasteiger partial charge in [-0.05, 0) is 49.3 Å². The highest BCUT2D eigenvalue weighted by Crippen LogP contribution is 2.42. The highest BCUT2D eigenvalue weighted by atomic mass is 19.1. The minimum atomic E-state index is -0.476. The summed E-state index contributed by atoms with van der Waals surface area (Å²) in [4.78, 5) is 12.1. The van der Waals surface area contributed by atoms with Crippen LogP contribution in [0.2, 0.25) is 0 Å². The van der Waals surface area contributed by atoms with Gasteiger partial charge in [-0.3, -0.25) is 4.79 Å². The topological polar surface area (TPSA) is 38.3 Å². The third-order valence-electron chi connectivity index (χ3n) is 4.20. The molecule has 1 aromatic carbocycles. The number of ether oxygens (including phenoxy) is 1. The van der Waals surface area contributed by atoms with Crippen molar-refractivity contribution in [2.45, 2.75) is 31.7 Å². The molecule has 1 N–H and O–H groups in total. The van der Waals surface area contributed by atoms with E-state index in [-0.39, 0.29) is 23.3 Å². The van der Waals surface area contributed by atoms with Crippen LogP contribution in [0.25, 0.3) is 0 Å². The molecule has 0 aromatic heterocycles. The van der Waals surface area contributed by atoms with Crippen molar-refractivity contribution >= 4 is 5.91 Å². The standard InChI is InChI=1S/C16H19F2NO2/c17-12-3-4-14(18)13(8-12)16(11-1-2-11)19-15(20)7-10-5-6-21-9-10/h3-4,8,10-11,16H,1-2,5-7,9H2,(H,19,20)/t10-,16-/m0/s1. The third-order valence-corrected chi connectivity index (χ3v) is 4.20. The first-order valence-corrected chi connectivity index (χ1v) is 7.45. The van der Waals surface area contributed by atoms with Crippen LogP contribution in [0.1, 0.15) is 37.3 Å². The van der Waals surface area contributed by atoms with Crippen LogP contribution in [0.3, 0.4) is 0 Å². The van der Waals surface area contributed by atoms with E-state index < -0.39 is 17.7 Å². The van der Waals surface area contributed by atoms with Crippen LogP contribution in [-0.2, 0) is 9.53 Å². The molecule has 1 aromatic rings. The number of carbonyl (C=O) groups is 1. The van der Waals surface area contributed by atoms with Gasteiger partial charge in [-0.15, -0.1) is 0 Å². The molecule has 1 saturated heterocycles. The molecule has 0 radical (unpaired) electrons. The fourth-order valence-electron chi connectivity index (χ4n) is 2.87. The lowest BCUT2D eigenvalue weighted by atomic mass is 9.99. The number of benzene rings is 1. The van der Waals surface area contributed by atoms with Gasteiger partial charge in [0.05, 0.1) is 6.04 Å². The molecule has 0 spiro atoms. The summed E-state index contributed by atoms with van der Waals surface area (Å²) < 4.78 is 32.5. The largest absolute Gasteiger partial charge is 0.381 e. The van der Waals surface area contributed by atoms with E-state index >= 15 is 0 Å². The lowest BCUT2D eigenvalue weighted by Crippen LogP contribution is -2.32. The molecule has 2 fully saturated rings. The van der Waals surface area contributed by atoms with Crippen molar-refractivity contribution in [1.82, 2.24) is 5.32 Å². The maximum atomic E-state index is 13.9. The molecule has 1 saturated carbocycles. The van der Waals surface area contributed by atoms with Crippen molar-refractivity contribution in [2.24, 2.45) is 11.8 Å². The third kappa shape index (κ3) is 3.59. The SMILES string of the molecule is O=C(C[C@@H]1CCOC1)N[C@H](c1cc(F)ccc1F)C1CC1. The summed E-state index contributed by atoms with van der Waals surface area (Å²) in [6.07, 6.45) is 3.15. The zero-order chi connectivity index (χ0) is 14.8. The Hall–Kier alpha value is -1.49. The Morgan fingerprint density at radius 3 is 2.81 bits per heavy atom. The molecule has 3 rings (SSSR count). The maximum absolute atomic E-state index is 13.9. The minimum absolute atomic E-state index is 0.105. The van der Waals surface area contributed by atoms with E-state index in [2.05, 4.69) is 5.32 Å². The van der Waals surface area contributed by atoms with Gasteiger partial charge in [-0.2, -0.15) is 0 Å². The Labute approximate surface area is 122 Å². The van der Waals surface area contributed by atoms with Crippen molar-refractivity contribution in [3.8, 4) is 0 Å². The van der Waals surface area contributed by atoms with Gasteiger partial charge >= 0.3 is 0 Å². The van der Waals surface area contributed by atoms with E-state index in [4.69, 9.17) is 4.74 Å². The first-order valence-electron chi connectivity index (χ1n) is 7.45. The molecule has 1 amide bonds. The maximum Gasteiger partial charge on any atom is 0.220 e. The molecule has 21 heavy (non-hydrogen) atoms. The highest BCUT2D eigenvalue weighted by molar-refractivity contribution is 5.76. The smallest absolute Gasteiger partial charge is 0.220 e. The monoisotopic (exact) mass is 295 g/mol. The minimum Gasteiger partial charge on any atom is -0.381 e. The number of nitrogens with one attached hydrogen (secondary N) is 1. The Balaban J connectivity index is 1.69. The molecular formula is C16H19F2NO2. The van der Waals surface area contributed by atoms with Crippen LogP contribution >= 0.6 is 0 Å². The van der Waals surface area contributed by atoms with Gasteiger partial charge in [0.25, 0.3) is 0 Å². The summed E-state index contributed by atoms with van der Waals surface area (Å²) in [5.41, 5.74) is 0.258. The average Bonchev–Trinajstić information content (AvgIpc) is 3.17. The van der Waals surface area contributed by atoms with E-state index in [1.165, 1.54) is 6.07 Å². The number of carbonyl (C=O) groups excluding carboxylic acids is 1. The van der Waals surface area contributed by atoms with Crippen molar-refractivity contribution in [3.63, 3.8) is 0 Å². The number of halogens is 2. The van der Waals surface area contributed by atoms with Gasteiger partial charge < -0.3 is 10.1 Å². The van der Waals surface area contributed by atoms with Crippen LogP contribution < -0.4 is 5.32 Å². The summed E-state index contributed by atoms with van der Waals surface area (Å²) in [6.45, 7) is 1.30. The first kappa shape index (κ1) is 14.4. The average molecular weight is 295 g/mol. The fraction of sp³-hybridized carbons (Fsp3) is 0.562. The molecule has 114 valence electrons. The van der Waals surface area contributed by atoms with Crippen LogP contribution in [0.15, 0.2) is 18.2 Å². The summed E-state index contributed by atoms with van der Waals surface area (Å²) in [5.74, 6) is -0.591. The van der Waals surface area contributed by atoms with Crippen molar-refractivity contribution < 1.29 is 18.3 Å². The molecule has 1 heterocycles. The molecule has 2 aliphatic rings. The van der Waals surface area contributed by atoms with Crippen LogP contribution in [0, 0.1) is 23.5 Å². The second-order valence-corrected chi connectivity index (χ2v) is 5.98. The van der Waals surface area contributed by atoms with Gasteiger partial charge in [0, 0.05) is 25.2 Å². The molecule has 2 atom stereocenters. The zero-order valence-corrected chi connectivity index (χ0v) is 11.8. The molecule has 0 unspecified atom stereocenters. The van der Waals surface area contributed by atoms with Crippen molar-refractivity contribution in [2.75, 3.05) is 13.2 Å². The van der Waals surface area contributed by atoms with Crippen molar-refractivity contribution in [3.05, 3.63) is 35.4 Å². The van der Waals surface area contributed by atoms with Crippen LogP contribution in [0.5, 0.6) is 0 Å². The van der Waals surface area contributed by atoms with Gasteiger partial charge in [-0.25, -0.2) is 8.78 Å². The Kier molecular flexibility index (Phi) is 4.19. The predicted molar refractivity (Wildman–Crippen MR) is 73.5 cm³/mol. The Morgan fingerprint density at radius 2 is 2.14 bits per heavy atom. The molecule has 3 nitrogen and oxygen atoms in total. The van der Waals surface area contributed by atoms with E-state index in [1.54, 1.807) is 0 Å². The molecular weight excluding hydrogens is 276 g/mol. The quantitative estimate of drug-likeness (QED) is 0.907. The number of rotatable bonds is 5. The fourth-order valence-corrected chi connectivity index (χ4v) is 2.87. The molecule has 0 bridgehead atoms. The summed E-state index contributed by atoms with van der Waals surface area (Å²) in [7, 11) is 0. The zero-order valence-electron chi connectivity index (χ0n) is 11.8. The van der Waals surface area contributed by atoms with E-state index in [9.17, 15) is 13.6 Å². The number of amides is 1. The molecule has 1 aliphatic heterocycles. The normalized spacial score (nSPS) is 23.0.